The molecule has 0 saturated carbocycles. The number of rotatable bonds is 1. The Morgan fingerprint density at radius 1 is 1.00 bits per heavy atom. The lowest BCUT2D eigenvalue weighted by Crippen LogP contribution is -1.96. The zero-order valence-electron chi connectivity index (χ0n) is 6.85. The third-order valence-corrected chi connectivity index (χ3v) is 1.36. The van der Waals surface area contributed by atoms with Crippen LogP contribution in [0.25, 0.3) is 0 Å². The summed E-state index contributed by atoms with van der Waals surface area (Å²) in [7, 11) is 0. The Kier molecular flexibility index (Phi) is 5.08. The first-order valence-corrected chi connectivity index (χ1v) is 3.01. The molecule has 8 N–H and O–H groups in total. The molecule has 0 aromatic heterocycles. The van der Waals surface area contributed by atoms with E-state index in [9.17, 15) is 4.79 Å². The van der Waals surface area contributed by atoms with Crippen molar-refractivity contribution in [2.45, 2.75) is 0 Å². The van der Waals surface area contributed by atoms with E-state index >= 15 is 0 Å². The van der Waals surface area contributed by atoms with E-state index in [1.165, 1.54) is 0 Å². The SMILES string of the molecule is O.O.O=C(O)c1ccc(O)c(O)c1O. The Hall–Kier alpha value is -1.99. The topological polar surface area (TPSA) is 161 Å². The number of phenols is 3. The minimum absolute atomic E-state index is 0. The Labute approximate surface area is 78.1 Å². The van der Waals surface area contributed by atoms with Crippen LogP contribution in [0.1, 0.15) is 10.4 Å². The lowest BCUT2D eigenvalue weighted by Gasteiger charge is -2.02. The van der Waals surface area contributed by atoms with Gasteiger partial charge in [0.1, 0.15) is 5.56 Å². The van der Waals surface area contributed by atoms with Crippen LogP contribution < -0.4 is 0 Å². The van der Waals surface area contributed by atoms with Crippen molar-refractivity contribution < 1.29 is 36.2 Å². The number of hydrogen-bond acceptors (Lipinski definition) is 4. The van der Waals surface area contributed by atoms with Crippen molar-refractivity contribution in [1.29, 1.82) is 0 Å². The summed E-state index contributed by atoms with van der Waals surface area (Å²) >= 11 is 0. The molecule has 1 aromatic carbocycles. The number of aromatic carboxylic acids is 1. The molecule has 80 valence electrons. The van der Waals surface area contributed by atoms with Crippen LogP contribution >= 0.6 is 0 Å². The number of phenolic OH excluding ortho intramolecular Hbond substituents is 2. The molecule has 0 spiro atoms. The summed E-state index contributed by atoms with van der Waals surface area (Å²) in [6.45, 7) is 0. The molecule has 0 amide bonds. The van der Waals surface area contributed by atoms with Crippen LogP contribution in [0.2, 0.25) is 0 Å². The van der Waals surface area contributed by atoms with Gasteiger partial charge in [0.05, 0.1) is 0 Å². The molecule has 0 radical (unpaired) electrons. The minimum Gasteiger partial charge on any atom is -0.504 e. The molecule has 1 rings (SSSR count). The largest absolute Gasteiger partial charge is 0.504 e. The molecule has 0 saturated heterocycles. The van der Waals surface area contributed by atoms with Gasteiger partial charge in [0.15, 0.2) is 11.5 Å². The van der Waals surface area contributed by atoms with Crippen molar-refractivity contribution >= 4 is 5.97 Å². The van der Waals surface area contributed by atoms with E-state index in [0.29, 0.717) is 0 Å². The number of aromatic hydroxyl groups is 3. The second-order valence-electron chi connectivity index (χ2n) is 2.13. The van der Waals surface area contributed by atoms with Crippen LogP contribution in [0.5, 0.6) is 17.2 Å². The zero-order valence-corrected chi connectivity index (χ0v) is 6.85. The van der Waals surface area contributed by atoms with Gasteiger partial charge in [-0.15, -0.1) is 0 Å². The average molecular weight is 206 g/mol. The minimum atomic E-state index is -1.37. The molecule has 0 aliphatic carbocycles. The van der Waals surface area contributed by atoms with Crippen molar-refractivity contribution in [3.8, 4) is 17.2 Å². The standard InChI is InChI=1S/C7H6O5.2H2O/c8-4-2-1-3(7(11)12)5(9)6(4)10;;/h1-2,8-10H,(H,11,12);2*1H2. The van der Waals surface area contributed by atoms with E-state index in [-0.39, 0.29) is 11.0 Å². The molecule has 7 nitrogen and oxygen atoms in total. The van der Waals surface area contributed by atoms with Crippen molar-refractivity contribution in [2.24, 2.45) is 0 Å². The average Bonchev–Trinajstić information content (AvgIpc) is 2.00. The maximum absolute atomic E-state index is 10.3. The predicted molar refractivity (Wildman–Crippen MR) is 45.6 cm³/mol. The second kappa shape index (κ2) is 4.90. The lowest BCUT2D eigenvalue weighted by atomic mass is 10.2. The Morgan fingerprint density at radius 2 is 1.50 bits per heavy atom. The molecule has 7 heteroatoms. The summed E-state index contributed by atoms with van der Waals surface area (Å²) in [6, 6.07) is 1.98. The third kappa shape index (κ3) is 2.25. The van der Waals surface area contributed by atoms with Gasteiger partial charge in [-0.25, -0.2) is 4.79 Å². The molecule has 0 fully saturated rings. The number of carbonyl (C=O) groups is 1. The maximum Gasteiger partial charge on any atom is 0.339 e. The number of carboxylic acid groups (broad SMARTS) is 1. The first kappa shape index (κ1) is 14.5. The van der Waals surface area contributed by atoms with E-state index in [4.69, 9.17) is 20.4 Å². The summed E-state index contributed by atoms with van der Waals surface area (Å²) in [5, 5.41) is 35.1. The second-order valence-corrected chi connectivity index (χ2v) is 2.13. The van der Waals surface area contributed by atoms with Crippen molar-refractivity contribution in [3.63, 3.8) is 0 Å². The third-order valence-electron chi connectivity index (χ3n) is 1.36. The lowest BCUT2D eigenvalue weighted by molar-refractivity contribution is 0.0693. The van der Waals surface area contributed by atoms with Gasteiger partial charge < -0.3 is 31.4 Å². The van der Waals surface area contributed by atoms with Crippen molar-refractivity contribution in [3.05, 3.63) is 17.7 Å². The number of benzene rings is 1. The number of carboxylic acids is 1. The molecule has 0 heterocycles. The molecular weight excluding hydrogens is 196 g/mol. The first-order valence-electron chi connectivity index (χ1n) is 3.01. The molecule has 0 aliphatic rings. The fourth-order valence-electron chi connectivity index (χ4n) is 0.742. The van der Waals surface area contributed by atoms with Gasteiger partial charge in [0, 0.05) is 0 Å². The molecule has 0 atom stereocenters. The Bertz CT molecular complexity index is 333. The predicted octanol–water partition coefficient (Wildman–Crippen LogP) is -1.15. The van der Waals surface area contributed by atoms with Gasteiger partial charge >= 0.3 is 5.97 Å². The van der Waals surface area contributed by atoms with Gasteiger partial charge in [-0.3, -0.25) is 0 Å². The quantitative estimate of drug-likeness (QED) is 0.426. The molecule has 14 heavy (non-hydrogen) atoms. The van der Waals surface area contributed by atoms with Gasteiger partial charge in [-0.1, -0.05) is 0 Å². The van der Waals surface area contributed by atoms with Gasteiger partial charge in [0.25, 0.3) is 0 Å². The Morgan fingerprint density at radius 3 is 1.93 bits per heavy atom. The van der Waals surface area contributed by atoms with Crippen LogP contribution in [0.15, 0.2) is 12.1 Å². The van der Waals surface area contributed by atoms with E-state index in [2.05, 4.69) is 0 Å². The summed E-state index contributed by atoms with van der Waals surface area (Å²) in [5.41, 5.74) is -0.453. The van der Waals surface area contributed by atoms with E-state index < -0.39 is 28.8 Å². The van der Waals surface area contributed by atoms with Crippen LogP contribution in [-0.2, 0) is 0 Å². The molecule has 0 unspecified atom stereocenters. The van der Waals surface area contributed by atoms with Gasteiger partial charge in [0.2, 0.25) is 5.75 Å². The normalized spacial score (nSPS) is 8.29. The highest BCUT2D eigenvalue weighted by atomic mass is 16.4. The summed E-state index contributed by atoms with van der Waals surface area (Å²) in [4.78, 5) is 10.3. The van der Waals surface area contributed by atoms with Crippen molar-refractivity contribution in [1.82, 2.24) is 0 Å². The van der Waals surface area contributed by atoms with E-state index in [0.717, 1.165) is 12.1 Å². The monoisotopic (exact) mass is 206 g/mol. The highest BCUT2D eigenvalue weighted by Gasteiger charge is 2.15. The van der Waals surface area contributed by atoms with Crippen LogP contribution in [0, 0.1) is 0 Å². The summed E-state index contributed by atoms with van der Waals surface area (Å²) in [6.07, 6.45) is 0. The molecule has 1 aromatic rings. The molecule has 0 bridgehead atoms. The fraction of sp³-hybridized carbons (Fsp3) is 0. The highest BCUT2D eigenvalue weighted by molar-refractivity contribution is 5.92. The van der Waals surface area contributed by atoms with Crippen LogP contribution in [0.4, 0.5) is 0 Å². The summed E-state index contributed by atoms with van der Waals surface area (Å²) < 4.78 is 0. The van der Waals surface area contributed by atoms with Gasteiger partial charge in [-0.05, 0) is 12.1 Å². The molecular formula is C7H10O7. The van der Waals surface area contributed by atoms with E-state index in [1.54, 1.807) is 0 Å². The van der Waals surface area contributed by atoms with Crippen LogP contribution in [-0.4, -0.2) is 37.3 Å². The first-order chi connectivity index (χ1) is 5.54. The van der Waals surface area contributed by atoms with Crippen molar-refractivity contribution in [2.75, 3.05) is 0 Å². The molecule has 0 aliphatic heterocycles. The van der Waals surface area contributed by atoms with E-state index in [1.807, 2.05) is 0 Å². The summed E-state index contributed by atoms with van der Waals surface area (Å²) in [5.74, 6) is -3.59. The van der Waals surface area contributed by atoms with Gasteiger partial charge in [-0.2, -0.15) is 0 Å². The van der Waals surface area contributed by atoms with Crippen LogP contribution in [0.3, 0.4) is 0 Å². The number of hydrogen-bond donors (Lipinski definition) is 4. The smallest absolute Gasteiger partial charge is 0.339 e. The Balaban J connectivity index is 0. The zero-order chi connectivity index (χ0) is 9.30. The fourth-order valence-corrected chi connectivity index (χ4v) is 0.742. The highest BCUT2D eigenvalue weighted by Crippen LogP contribution is 2.36. The maximum atomic E-state index is 10.3.